The molecule has 0 saturated heterocycles. The van der Waals surface area contributed by atoms with E-state index in [1.54, 1.807) is 19.1 Å². The van der Waals surface area contributed by atoms with Crippen LogP contribution >= 0.6 is 0 Å². The van der Waals surface area contributed by atoms with Crippen LogP contribution in [0.1, 0.15) is 23.4 Å². The summed E-state index contributed by atoms with van der Waals surface area (Å²) in [6, 6.07) is 4.29. The molecule has 0 fully saturated rings. The van der Waals surface area contributed by atoms with Gasteiger partial charge < -0.3 is 4.74 Å². The fourth-order valence-electron chi connectivity index (χ4n) is 1.35. The van der Waals surface area contributed by atoms with Gasteiger partial charge in [0.1, 0.15) is 12.3 Å². The van der Waals surface area contributed by atoms with E-state index in [0.29, 0.717) is 5.56 Å². The van der Waals surface area contributed by atoms with E-state index in [1.807, 2.05) is 0 Å². The van der Waals surface area contributed by atoms with E-state index < -0.39 is 17.9 Å². The van der Waals surface area contributed by atoms with Gasteiger partial charge in [-0.15, -0.1) is 5.10 Å². The highest BCUT2D eigenvalue weighted by molar-refractivity contribution is 5.17. The number of pyridine rings is 1. The number of hydrogen-bond donors (Lipinski definition) is 0. The normalized spacial score (nSPS) is 10.8. The minimum absolute atomic E-state index is 0.0226. The largest absolute Gasteiger partial charge is 0.472 e. The topological polar surface area (TPSA) is 47.9 Å². The van der Waals surface area contributed by atoms with Gasteiger partial charge in [-0.1, -0.05) is 0 Å². The second-order valence-corrected chi connectivity index (χ2v) is 3.81. The summed E-state index contributed by atoms with van der Waals surface area (Å²) >= 11 is 0. The first-order chi connectivity index (χ1) is 9.06. The molecule has 0 aliphatic heterocycles. The number of aryl methyl sites for hydroxylation is 1. The Bertz CT molecular complexity index is 561. The fourth-order valence-corrected chi connectivity index (χ4v) is 1.35. The summed E-state index contributed by atoms with van der Waals surface area (Å²) in [5.74, 6) is -0.782. The molecule has 0 atom stereocenters. The second-order valence-electron chi connectivity index (χ2n) is 3.81. The summed E-state index contributed by atoms with van der Waals surface area (Å²) in [6.45, 7) is 1.75. The molecule has 0 aliphatic rings. The third-order valence-electron chi connectivity index (χ3n) is 2.29. The van der Waals surface area contributed by atoms with Crippen molar-refractivity contribution in [3.05, 3.63) is 47.2 Å². The van der Waals surface area contributed by atoms with Crippen molar-refractivity contribution in [1.29, 1.82) is 0 Å². The van der Waals surface area contributed by atoms with Crippen molar-refractivity contribution >= 4 is 0 Å². The van der Waals surface area contributed by atoms with Crippen LogP contribution < -0.4 is 4.74 Å². The van der Waals surface area contributed by atoms with Gasteiger partial charge >= 0.3 is 0 Å². The number of aromatic nitrogens is 3. The lowest BCUT2D eigenvalue weighted by molar-refractivity contribution is 0.140. The van der Waals surface area contributed by atoms with Gasteiger partial charge in [0.05, 0.1) is 5.69 Å². The summed E-state index contributed by atoms with van der Waals surface area (Å²) in [7, 11) is 0. The Morgan fingerprint density at radius 2 is 2.05 bits per heavy atom. The number of alkyl halides is 2. The van der Waals surface area contributed by atoms with Gasteiger partial charge in [-0.05, 0) is 19.1 Å². The van der Waals surface area contributed by atoms with Crippen molar-refractivity contribution in [1.82, 2.24) is 15.2 Å². The van der Waals surface area contributed by atoms with Gasteiger partial charge in [-0.25, -0.2) is 13.2 Å². The molecule has 0 aliphatic carbocycles. The summed E-state index contributed by atoms with van der Waals surface area (Å²) in [5.41, 5.74) is 0.213. The lowest BCUT2D eigenvalue weighted by atomic mass is 10.2. The smallest absolute Gasteiger partial charge is 0.283 e. The Balaban J connectivity index is 2.04. The predicted molar refractivity (Wildman–Crippen MR) is 60.3 cm³/mol. The molecule has 100 valence electrons. The van der Waals surface area contributed by atoms with Crippen molar-refractivity contribution in [2.45, 2.75) is 20.0 Å². The van der Waals surface area contributed by atoms with E-state index in [9.17, 15) is 13.2 Å². The number of nitrogens with zero attached hydrogens (tertiary/aromatic N) is 3. The molecule has 2 rings (SSSR count). The highest BCUT2D eigenvalue weighted by Gasteiger charge is 2.15. The third-order valence-corrected chi connectivity index (χ3v) is 2.29. The van der Waals surface area contributed by atoms with Crippen LogP contribution in [0.15, 0.2) is 24.4 Å². The van der Waals surface area contributed by atoms with Crippen LogP contribution in [-0.2, 0) is 6.61 Å². The fraction of sp³-hybridized carbons (Fsp3) is 0.250. The summed E-state index contributed by atoms with van der Waals surface area (Å²) in [5, 5.41) is 7.54. The van der Waals surface area contributed by atoms with Crippen molar-refractivity contribution in [2.75, 3.05) is 0 Å². The highest BCUT2D eigenvalue weighted by atomic mass is 19.3. The molecule has 0 bridgehead atoms. The predicted octanol–water partition coefficient (Wildman–Crippen LogP) is 2.84. The summed E-state index contributed by atoms with van der Waals surface area (Å²) < 4.78 is 43.1. The molecule has 7 heteroatoms. The number of halogens is 3. The van der Waals surface area contributed by atoms with Crippen molar-refractivity contribution in [3.8, 4) is 5.88 Å². The second kappa shape index (κ2) is 5.64. The van der Waals surface area contributed by atoms with Crippen LogP contribution in [0.5, 0.6) is 5.88 Å². The third kappa shape index (κ3) is 3.40. The number of rotatable bonds is 4. The minimum atomic E-state index is -2.93. The van der Waals surface area contributed by atoms with Crippen molar-refractivity contribution < 1.29 is 17.9 Å². The van der Waals surface area contributed by atoms with Gasteiger partial charge in [0.15, 0.2) is 5.82 Å². The quantitative estimate of drug-likeness (QED) is 0.856. The van der Waals surface area contributed by atoms with Gasteiger partial charge in [-0.2, -0.15) is 5.10 Å². The van der Waals surface area contributed by atoms with Crippen molar-refractivity contribution in [2.24, 2.45) is 0 Å². The van der Waals surface area contributed by atoms with Crippen LogP contribution in [0.2, 0.25) is 0 Å². The van der Waals surface area contributed by atoms with Gasteiger partial charge in [0.25, 0.3) is 6.43 Å². The van der Waals surface area contributed by atoms with E-state index in [2.05, 4.69) is 15.2 Å². The Kier molecular flexibility index (Phi) is 3.94. The molecular weight excluding hydrogens is 259 g/mol. The monoisotopic (exact) mass is 269 g/mol. The first-order valence-electron chi connectivity index (χ1n) is 5.42. The molecule has 2 aromatic rings. The Hall–Kier alpha value is -2.18. The molecule has 0 N–H and O–H groups in total. The Morgan fingerprint density at radius 3 is 2.63 bits per heavy atom. The zero-order valence-electron chi connectivity index (χ0n) is 9.98. The molecule has 2 heterocycles. The maximum atomic E-state index is 13.3. The molecular formula is C12H10F3N3O. The molecule has 4 nitrogen and oxygen atoms in total. The number of hydrogen-bond acceptors (Lipinski definition) is 4. The first-order valence-corrected chi connectivity index (χ1v) is 5.42. The molecule has 0 radical (unpaired) electrons. The van der Waals surface area contributed by atoms with Crippen LogP contribution in [0.25, 0.3) is 0 Å². The Morgan fingerprint density at radius 1 is 1.26 bits per heavy atom. The maximum Gasteiger partial charge on any atom is 0.283 e. The molecule has 0 spiro atoms. The van der Waals surface area contributed by atoms with E-state index in [-0.39, 0.29) is 12.5 Å². The first kappa shape index (κ1) is 13.3. The van der Waals surface area contributed by atoms with E-state index in [4.69, 9.17) is 4.74 Å². The molecule has 2 aromatic heterocycles. The molecule has 0 saturated carbocycles. The van der Waals surface area contributed by atoms with Crippen LogP contribution in [0.3, 0.4) is 0 Å². The molecule has 0 amide bonds. The number of ether oxygens (including phenoxy) is 1. The zero-order chi connectivity index (χ0) is 13.8. The molecule has 19 heavy (non-hydrogen) atoms. The van der Waals surface area contributed by atoms with Crippen LogP contribution in [-0.4, -0.2) is 15.2 Å². The summed E-state index contributed by atoms with van der Waals surface area (Å²) in [6.07, 6.45) is -1.79. The van der Waals surface area contributed by atoms with E-state index in [1.165, 1.54) is 0 Å². The van der Waals surface area contributed by atoms with Gasteiger partial charge in [0, 0.05) is 17.8 Å². The minimum Gasteiger partial charge on any atom is -0.472 e. The van der Waals surface area contributed by atoms with E-state index in [0.717, 1.165) is 18.0 Å². The van der Waals surface area contributed by atoms with Gasteiger partial charge in [-0.3, -0.25) is 4.98 Å². The molecule has 0 aromatic carbocycles. The average Bonchev–Trinajstić information content (AvgIpc) is 2.37. The van der Waals surface area contributed by atoms with Crippen molar-refractivity contribution in [3.63, 3.8) is 0 Å². The SMILES string of the molecule is Cc1ccc(OCc2cnc(C(F)F)c(F)c2)nn1. The zero-order valence-corrected chi connectivity index (χ0v) is 9.98. The Labute approximate surface area is 107 Å². The standard InChI is InChI=1S/C12H10F3N3O/c1-7-2-3-10(18-17-7)19-6-8-4-9(13)11(12(14)15)16-5-8/h2-5,12H,6H2,1H3. The molecule has 0 unspecified atom stereocenters. The highest BCUT2D eigenvalue weighted by Crippen LogP contribution is 2.20. The van der Waals surface area contributed by atoms with Crippen LogP contribution in [0.4, 0.5) is 13.2 Å². The average molecular weight is 269 g/mol. The lowest BCUT2D eigenvalue weighted by Gasteiger charge is -2.06. The summed E-state index contributed by atoms with van der Waals surface area (Å²) in [4.78, 5) is 3.36. The maximum absolute atomic E-state index is 13.3. The van der Waals surface area contributed by atoms with Crippen LogP contribution in [0, 0.1) is 12.7 Å². The lowest BCUT2D eigenvalue weighted by Crippen LogP contribution is -2.02. The van der Waals surface area contributed by atoms with Gasteiger partial charge in [0.2, 0.25) is 5.88 Å². The van der Waals surface area contributed by atoms with E-state index >= 15 is 0 Å².